The van der Waals surface area contributed by atoms with E-state index >= 15 is 0 Å². The Hall–Kier alpha value is -0.260. The van der Waals surface area contributed by atoms with Crippen molar-refractivity contribution in [2.45, 2.75) is 5.92 Å². The molecule has 0 saturated heterocycles. The van der Waals surface area contributed by atoms with Gasteiger partial charge in [-0.2, -0.15) is 8.78 Å². The molecule has 0 saturated carbocycles. The SMILES string of the molecule is CNCC(F)(F)c1ncc(Br)cc1Cl. The van der Waals surface area contributed by atoms with Crippen molar-refractivity contribution in [2.75, 3.05) is 13.6 Å². The Morgan fingerprint density at radius 3 is 2.79 bits per heavy atom. The maximum atomic E-state index is 13.3. The summed E-state index contributed by atoms with van der Waals surface area (Å²) in [5.74, 6) is -3.05. The highest BCUT2D eigenvalue weighted by Gasteiger charge is 2.34. The second kappa shape index (κ2) is 4.51. The van der Waals surface area contributed by atoms with Crippen LogP contribution in [-0.2, 0) is 5.92 Å². The molecule has 1 aromatic rings. The summed E-state index contributed by atoms with van der Waals surface area (Å²) in [6.45, 7) is -0.485. The first kappa shape index (κ1) is 11.8. The lowest BCUT2D eigenvalue weighted by Crippen LogP contribution is -2.29. The fourth-order valence-electron chi connectivity index (χ4n) is 0.989. The molecule has 0 aliphatic heterocycles. The van der Waals surface area contributed by atoms with Gasteiger partial charge in [0.05, 0.1) is 11.6 Å². The first-order chi connectivity index (χ1) is 6.47. The third-order valence-corrected chi connectivity index (χ3v) is 2.27. The number of rotatable bonds is 3. The molecular weight excluding hydrogens is 277 g/mol. The molecule has 0 atom stereocenters. The van der Waals surface area contributed by atoms with E-state index in [0.717, 1.165) is 0 Å². The lowest BCUT2D eigenvalue weighted by atomic mass is 10.2. The summed E-state index contributed by atoms with van der Waals surface area (Å²) in [4.78, 5) is 3.60. The van der Waals surface area contributed by atoms with Crippen LogP contribution in [0.5, 0.6) is 0 Å². The van der Waals surface area contributed by atoms with E-state index in [1.165, 1.54) is 19.3 Å². The van der Waals surface area contributed by atoms with Crippen LogP contribution in [0.2, 0.25) is 5.02 Å². The van der Waals surface area contributed by atoms with E-state index in [1.807, 2.05) is 0 Å². The highest BCUT2D eigenvalue weighted by molar-refractivity contribution is 9.10. The molecule has 0 fully saturated rings. The minimum atomic E-state index is -3.05. The van der Waals surface area contributed by atoms with Gasteiger partial charge >= 0.3 is 5.92 Å². The minimum absolute atomic E-state index is 0.0420. The summed E-state index contributed by atoms with van der Waals surface area (Å²) < 4.78 is 27.2. The van der Waals surface area contributed by atoms with E-state index in [2.05, 4.69) is 26.2 Å². The van der Waals surface area contributed by atoms with Crippen LogP contribution in [0.3, 0.4) is 0 Å². The predicted molar refractivity (Wildman–Crippen MR) is 54.8 cm³/mol. The minimum Gasteiger partial charge on any atom is -0.314 e. The van der Waals surface area contributed by atoms with Gasteiger partial charge in [0, 0.05) is 10.7 Å². The molecule has 1 aromatic heterocycles. The molecule has 1 N–H and O–H groups in total. The van der Waals surface area contributed by atoms with Gasteiger partial charge in [0.15, 0.2) is 0 Å². The first-order valence-corrected chi connectivity index (χ1v) is 4.98. The lowest BCUT2D eigenvalue weighted by Gasteiger charge is -2.16. The Kier molecular flexibility index (Phi) is 3.80. The first-order valence-electron chi connectivity index (χ1n) is 3.81. The number of hydrogen-bond acceptors (Lipinski definition) is 2. The quantitative estimate of drug-likeness (QED) is 0.924. The maximum Gasteiger partial charge on any atom is 0.303 e. The number of nitrogens with one attached hydrogen (secondary N) is 1. The van der Waals surface area contributed by atoms with Crippen molar-refractivity contribution in [3.8, 4) is 0 Å². The van der Waals surface area contributed by atoms with E-state index in [4.69, 9.17) is 11.6 Å². The van der Waals surface area contributed by atoms with E-state index in [1.54, 1.807) is 0 Å². The Labute approximate surface area is 93.8 Å². The molecule has 0 amide bonds. The molecule has 0 aromatic carbocycles. The summed E-state index contributed by atoms with van der Waals surface area (Å²) >= 11 is 8.74. The number of hydrogen-bond donors (Lipinski definition) is 1. The predicted octanol–water partition coefficient (Wildman–Crippen LogP) is 2.81. The normalized spacial score (nSPS) is 11.8. The lowest BCUT2D eigenvalue weighted by molar-refractivity contribution is -0.00562. The number of likely N-dealkylation sites (N-methyl/N-ethyl adjacent to an activating group) is 1. The summed E-state index contributed by atoms with van der Waals surface area (Å²) in [6, 6.07) is 1.40. The molecule has 0 bridgehead atoms. The van der Waals surface area contributed by atoms with Crippen molar-refractivity contribution < 1.29 is 8.78 Å². The van der Waals surface area contributed by atoms with Gasteiger partial charge in [0.25, 0.3) is 0 Å². The van der Waals surface area contributed by atoms with E-state index in [9.17, 15) is 8.78 Å². The van der Waals surface area contributed by atoms with Gasteiger partial charge in [-0.25, -0.2) is 0 Å². The second-order valence-electron chi connectivity index (χ2n) is 2.72. The largest absolute Gasteiger partial charge is 0.314 e. The number of nitrogens with zero attached hydrogens (tertiary/aromatic N) is 1. The van der Waals surface area contributed by atoms with Crippen LogP contribution in [0.25, 0.3) is 0 Å². The van der Waals surface area contributed by atoms with Crippen LogP contribution in [0, 0.1) is 0 Å². The standard InChI is InChI=1S/C8H8BrClF2N2/c1-13-4-8(11,12)7-6(10)2-5(9)3-14-7/h2-3,13H,4H2,1H3. The maximum absolute atomic E-state index is 13.3. The highest BCUT2D eigenvalue weighted by atomic mass is 79.9. The Morgan fingerprint density at radius 1 is 1.64 bits per heavy atom. The summed E-state index contributed by atoms with van der Waals surface area (Å²) in [6.07, 6.45) is 1.30. The molecule has 14 heavy (non-hydrogen) atoms. The van der Waals surface area contributed by atoms with Gasteiger partial charge in [0.1, 0.15) is 5.69 Å². The second-order valence-corrected chi connectivity index (χ2v) is 4.04. The van der Waals surface area contributed by atoms with Crippen molar-refractivity contribution in [1.29, 1.82) is 0 Å². The molecule has 0 aliphatic carbocycles. The molecule has 2 nitrogen and oxygen atoms in total. The zero-order valence-electron chi connectivity index (χ0n) is 7.32. The van der Waals surface area contributed by atoms with Gasteiger partial charge in [-0.3, -0.25) is 4.98 Å². The van der Waals surface area contributed by atoms with Crippen molar-refractivity contribution in [3.63, 3.8) is 0 Å². The van der Waals surface area contributed by atoms with Crippen molar-refractivity contribution in [3.05, 3.63) is 27.5 Å². The van der Waals surface area contributed by atoms with Crippen molar-refractivity contribution >= 4 is 27.5 Å². The average molecular weight is 286 g/mol. The number of alkyl halides is 2. The van der Waals surface area contributed by atoms with Gasteiger partial charge in [-0.1, -0.05) is 11.6 Å². The molecule has 0 radical (unpaired) electrons. The van der Waals surface area contributed by atoms with Crippen LogP contribution < -0.4 is 5.32 Å². The van der Waals surface area contributed by atoms with Gasteiger partial charge < -0.3 is 5.32 Å². The summed E-state index contributed by atoms with van der Waals surface area (Å²) in [7, 11) is 1.45. The Balaban J connectivity index is 3.06. The third kappa shape index (κ3) is 2.62. The van der Waals surface area contributed by atoms with Crippen LogP contribution in [0.1, 0.15) is 5.69 Å². The molecule has 0 unspecified atom stereocenters. The Bertz CT molecular complexity index is 333. The number of aromatic nitrogens is 1. The molecule has 1 heterocycles. The Morgan fingerprint density at radius 2 is 2.29 bits per heavy atom. The van der Waals surface area contributed by atoms with Crippen molar-refractivity contribution in [1.82, 2.24) is 10.3 Å². The smallest absolute Gasteiger partial charge is 0.303 e. The number of halogens is 4. The zero-order chi connectivity index (χ0) is 10.8. The topological polar surface area (TPSA) is 24.9 Å². The van der Waals surface area contributed by atoms with Gasteiger partial charge in [0.2, 0.25) is 0 Å². The fraction of sp³-hybridized carbons (Fsp3) is 0.375. The van der Waals surface area contributed by atoms with E-state index in [-0.39, 0.29) is 5.02 Å². The van der Waals surface area contributed by atoms with Crippen LogP contribution in [0.4, 0.5) is 8.78 Å². The van der Waals surface area contributed by atoms with Crippen molar-refractivity contribution in [2.24, 2.45) is 0 Å². The number of pyridine rings is 1. The molecule has 78 valence electrons. The molecule has 0 spiro atoms. The zero-order valence-corrected chi connectivity index (χ0v) is 9.66. The molecule has 1 rings (SSSR count). The molecular formula is C8H8BrClF2N2. The average Bonchev–Trinajstić information content (AvgIpc) is 2.02. The highest BCUT2D eigenvalue weighted by Crippen LogP contribution is 2.32. The van der Waals surface area contributed by atoms with Gasteiger partial charge in [-0.05, 0) is 29.0 Å². The molecule has 6 heteroatoms. The van der Waals surface area contributed by atoms with Crippen LogP contribution in [-0.4, -0.2) is 18.6 Å². The van der Waals surface area contributed by atoms with E-state index < -0.39 is 18.2 Å². The van der Waals surface area contributed by atoms with E-state index in [0.29, 0.717) is 4.47 Å². The summed E-state index contributed by atoms with van der Waals surface area (Å²) in [5.41, 5.74) is -0.406. The summed E-state index contributed by atoms with van der Waals surface area (Å²) in [5, 5.41) is 2.35. The van der Waals surface area contributed by atoms with Gasteiger partial charge in [-0.15, -0.1) is 0 Å². The fourth-order valence-corrected chi connectivity index (χ4v) is 1.76. The van der Waals surface area contributed by atoms with Crippen LogP contribution in [0.15, 0.2) is 16.7 Å². The third-order valence-electron chi connectivity index (χ3n) is 1.55. The van der Waals surface area contributed by atoms with Crippen LogP contribution >= 0.6 is 27.5 Å². The monoisotopic (exact) mass is 284 g/mol. The molecule has 0 aliphatic rings.